The van der Waals surface area contributed by atoms with Crippen LogP contribution in [-0.4, -0.2) is 56.9 Å². The van der Waals surface area contributed by atoms with Crippen molar-refractivity contribution in [3.05, 3.63) is 59.2 Å². The minimum absolute atomic E-state index is 0.0493. The van der Waals surface area contributed by atoms with Gasteiger partial charge >= 0.3 is 5.97 Å². The molecule has 0 spiro atoms. The molecule has 33 heavy (non-hydrogen) atoms. The van der Waals surface area contributed by atoms with Crippen LogP contribution in [0.5, 0.6) is 11.5 Å². The average Bonchev–Trinajstić information content (AvgIpc) is 3.62. The van der Waals surface area contributed by atoms with Crippen LogP contribution in [0.2, 0.25) is 0 Å². The van der Waals surface area contributed by atoms with Crippen molar-refractivity contribution >= 4 is 11.8 Å². The molecule has 0 radical (unpaired) electrons. The lowest BCUT2D eigenvalue weighted by atomic mass is 9.96. The number of carbonyl (C=O) groups is 2. The average molecular weight is 456 g/mol. The molecule has 2 N–H and O–H groups in total. The normalized spacial score (nSPS) is 15.0. The minimum atomic E-state index is -0.798. The van der Waals surface area contributed by atoms with E-state index in [4.69, 9.17) is 14.2 Å². The van der Waals surface area contributed by atoms with Gasteiger partial charge in [-0.05, 0) is 50.3 Å². The Morgan fingerprint density at radius 3 is 2.27 bits per heavy atom. The summed E-state index contributed by atoms with van der Waals surface area (Å²) in [6.45, 7) is 2.88. The molecule has 7 heteroatoms. The summed E-state index contributed by atoms with van der Waals surface area (Å²) in [5.41, 5.74) is 1.80. The summed E-state index contributed by atoms with van der Waals surface area (Å²) in [4.78, 5) is 24.7. The molecule has 3 rings (SSSR count). The molecule has 1 saturated carbocycles. The SMILES string of the molecule is COc1cc(C(=O)C(CCc2ccccc2)NCCOCC2(C(=O)O)CC2)cc(OC)c1C. The van der Waals surface area contributed by atoms with Gasteiger partial charge in [0.05, 0.1) is 38.9 Å². The highest BCUT2D eigenvalue weighted by Gasteiger charge is 2.50. The molecule has 0 aromatic heterocycles. The van der Waals surface area contributed by atoms with Gasteiger partial charge in [-0.1, -0.05) is 30.3 Å². The highest BCUT2D eigenvalue weighted by Crippen LogP contribution is 2.45. The number of aliphatic carboxylic acids is 1. The Kier molecular flexibility index (Phi) is 8.47. The molecule has 1 atom stereocenters. The number of carboxylic acid groups (broad SMARTS) is 1. The number of nitrogens with one attached hydrogen (secondary N) is 1. The van der Waals surface area contributed by atoms with Gasteiger partial charge < -0.3 is 24.6 Å². The van der Waals surface area contributed by atoms with Crippen molar-refractivity contribution in [3.8, 4) is 11.5 Å². The molecular weight excluding hydrogens is 422 g/mol. The zero-order valence-corrected chi connectivity index (χ0v) is 19.6. The number of methoxy groups -OCH3 is 2. The van der Waals surface area contributed by atoms with Crippen molar-refractivity contribution in [2.45, 2.75) is 38.6 Å². The van der Waals surface area contributed by atoms with Crippen molar-refractivity contribution in [2.75, 3.05) is 34.0 Å². The van der Waals surface area contributed by atoms with Gasteiger partial charge in [0.25, 0.3) is 0 Å². The molecular formula is C26H33NO6. The number of aryl methyl sites for hydroxylation is 1. The first kappa shape index (κ1) is 24.7. The maximum Gasteiger partial charge on any atom is 0.311 e. The molecule has 0 aliphatic heterocycles. The van der Waals surface area contributed by atoms with Crippen LogP contribution in [0.15, 0.2) is 42.5 Å². The van der Waals surface area contributed by atoms with E-state index >= 15 is 0 Å². The summed E-state index contributed by atoms with van der Waals surface area (Å²) >= 11 is 0. The molecule has 0 bridgehead atoms. The third kappa shape index (κ3) is 6.33. The first-order chi connectivity index (χ1) is 15.9. The van der Waals surface area contributed by atoms with Crippen LogP contribution in [0.3, 0.4) is 0 Å². The minimum Gasteiger partial charge on any atom is -0.496 e. The van der Waals surface area contributed by atoms with Gasteiger partial charge in [0.2, 0.25) is 0 Å². The molecule has 2 aromatic rings. The summed E-state index contributed by atoms with van der Waals surface area (Å²) in [6.07, 6.45) is 2.67. The molecule has 178 valence electrons. The molecule has 1 unspecified atom stereocenters. The van der Waals surface area contributed by atoms with Crippen molar-refractivity contribution in [3.63, 3.8) is 0 Å². The molecule has 2 aromatic carbocycles. The quantitative estimate of drug-likeness (QED) is 0.332. The maximum atomic E-state index is 13.4. The molecule has 0 amide bonds. The molecule has 0 saturated heterocycles. The fraction of sp³-hybridized carbons (Fsp3) is 0.462. The largest absolute Gasteiger partial charge is 0.496 e. The number of rotatable bonds is 14. The molecule has 0 heterocycles. The van der Waals surface area contributed by atoms with Crippen molar-refractivity contribution in [2.24, 2.45) is 5.41 Å². The smallest absolute Gasteiger partial charge is 0.311 e. The van der Waals surface area contributed by atoms with Gasteiger partial charge in [0.1, 0.15) is 11.5 Å². The van der Waals surface area contributed by atoms with Crippen molar-refractivity contribution < 1.29 is 28.9 Å². The first-order valence-electron chi connectivity index (χ1n) is 11.3. The second-order valence-electron chi connectivity index (χ2n) is 8.54. The van der Waals surface area contributed by atoms with Gasteiger partial charge in [-0.3, -0.25) is 9.59 Å². The Bertz CT molecular complexity index is 930. The summed E-state index contributed by atoms with van der Waals surface area (Å²) in [5.74, 6) is 0.359. The zero-order valence-electron chi connectivity index (χ0n) is 19.6. The number of carbonyl (C=O) groups excluding carboxylic acids is 1. The number of Topliss-reactive ketones (excluding diaryl/α,β-unsaturated/α-hetero) is 1. The molecule has 1 aliphatic rings. The second-order valence-corrected chi connectivity index (χ2v) is 8.54. The van der Waals surface area contributed by atoms with Crippen LogP contribution in [0.25, 0.3) is 0 Å². The summed E-state index contributed by atoms with van der Waals surface area (Å²) in [6, 6.07) is 13.1. The highest BCUT2D eigenvalue weighted by molar-refractivity contribution is 6.01. The fourth-order valence-electron chi connectivity index (χ4n) is 3.85. The lowest BCUT2D eigenvalue weighted by Crippen LogP contribution is -2.39. The van der Waals surface area contributed by atoms with E-state index in [9.17, 15) is 14.7 Å². The number of carboxylic acids is 1. The number of ether oxygens (including phenoxy) is 3. The van der Waals surface area contributed by atoms with Crippen LogP contribution in [0.4, 0.5) is 0 Å². The summed E-state index contributed by atoms with van der Waals surface area (Å²) in [5, 5.41) is 12.6. The number of hydrogen-bond acceptors (Lipinski definition) is 6. The number of benzene rings is 2. The van der Waals surface area contributed by atoms with Crippen LogP contribution in [-0.2, 0) is 16.0 Å². The molecule has 7 nitrogen and oxygen atoms in total. The Morgan fingerprint density at radius 1 is 1.09 bits per heavy atom. The van der Waals surface area contributed by atoms with Crippen molar-refractivity contribution in [1.29, 1.82) is 0 Å². The summed E-state index contributed by atoms with van der Waals surface area (Å²) in [7, 11) is 3.14. The predicted molar refractivity (Wildman–Crippen MR) is 125 cm³/mol. The van der Waals surface area contributed by atoms with Gasteiger partial charge in [-0.15, -0.1) is 0 Å². The van der Waals surface area contributed by atoms with E-state index in [1.54, 1.807) is 26.4 Å². The second kappa shape index (κ2) is 11.3. The van der Waals surface area contributed by atoms with Crippen molar-refractivity contribution in [1.82, 2.24) is 5.32 Å². The Balaban J connectivity index is 1.66. The monoisotopic (exact) mass is 455 g/mol. The third-order valence-electron chi connectivity index (χ3n) is 6.24. The Hall–Kier alpha value is -2.90. The fourth-order valence-corrected chi connectivity index (χ4v) is 3.85. The number of ketones is 1. The lowest BCUT2D eigenvalue weighted by molar-refractivity contribution is -0.145. The van der Waals surface area contributed by atoms with Crippen LogP contribution in [0.1, 0.15) is 40.7 Å². The van der Waals surface area contributed by atoms with Gasteiger partial charge in [-0.25, -0.2) is 0 Å². The van der Waals surface area contributed by atoms with Gasteiger partial charge in [-0.2, -0.15) is 0 Å². The maximum absolute atomic E-state index is 13.4. The van der Waals surface area contributed by atoms with E-state index in [2.05, 4.69) is 5.32 Å². The Labute approximate surface area is 195 Å². The van der Waals surface area contributed by atoms with E-state index in [-0.39, 0.29) is 12.4 Å². The van der Waals surface area contributed by atoms with E-state index < -0.39 is 17.4 Å². The number of hydrogen-bond donors (Lipinski definition) is 2. The standard InChI is InChI=1S/C26H33NO6/c1-18-22(31-2)15-20(16-23(18)32-3)24(28)21(10-9-19-7-5-4-6-8-19)27-13-14-33-17-26(11-12-26)25(29)30/h4-8,15-16,21,27H,9-14,17H2,1-3H3,(H,29,30). The van der Waals surface area contributed by atoms with Crippen LogP contribution in [0, 0.1) is 12.3 Å². The van der Waals surface area contributed by atoms with E-state index in [0.29, 0.717) is 49.5 Å². The Morgan fingerprint density at radius 2 is 1.73 bits per heavy atom. The van der Waals surface area contributed by atoms with Crippen LogP contribution < -0.4 is 14.8 Å². The van der Waals surface area contributed by atoms with Gasteiger partial charge in [0.15, 0.2) is 5.78 Å². The third-order valence-corrected chi connectivity index (χ3v) is 6.24. The van der Waals surface area contributed by atoms with Crippen LogP contribution >= 0.6 is 0 Å². The molecule has 1 aliphatic carbocycles. The topological polar surface area (TPSA) is 94.1 Å². The summed E-state index contributed by atoms with van der Waals surface area (Å²) < 4.78 is 16.5. The zero-order chi connectivity index (χ0) is 23.8. The van der Waals surface area contributed by atoms with E-state index in [1.807, 2.05) is 37.3 Å². The van der Waals surface area contributed by atoms with E-state index in [1.165, 1.54) is 0 Å². The highest BCUT2D eigenvalue weighted by atomic mass is 16.5. The first-order valence-corrected chi connectivity index (χ1v) is 11.3. The predicted octanol–water partition coefficient (Wildman–Crippen LogP) is 3.67. The molecule has 1 fully saturated rings. The van der Waals surface area contributed by atoms with E-state index in [0.717, 1.165) is 17.5 Å². The lowest BCUT2D eigenvalue weighted by Gasteiger charge is -2.20. The van der Waals surface area contributed by atoms with Gasteiger partial charge in [0, 0.05) is 17.7 Å².